The zero-order valence-corrected chi connectivity index (χ0v) is 54.4. The van der Waals surface area contributed by atoms with E-state index in [9.17, 15) is 19.0 Å². The number of likely N-dealkylation sites (N-methyl/N-ethyl adjacent to an activating group) is 1. The fourth-order valence-electron chi connectivity index (χ4n) is 9.40. The third-order valence-corrected chi connectivity index (χ3v) is 15.6. The lowest BCUT2D eigenvalue weighted by Crippen LogP contribution is -2.47. The summed E-state index contributed by atoms with van der Waals surface area (Å²) in [5.74, 6) is -0.521. The molecule has 0 aliphatic rings. The molecule has 2 N–H and O–H groups in total. The van der Waals surface area contributed by atoms with E-state index in [-0.39, 0.29) is 31.5 Å². The van der Waals surface area contributed by atoms with Gasteiger partial charge in [-0.1, -0.05) is 279 Å². The van der Waals surface area contributed by atoms with Crippen LogP contribution in [0.15, 0.2) is 97.2 Å². The molecule has 0 bridgehead atoms. The molecule has 0 heterocycles. The van der Waals surface area contributed by atoms with E-state index in [1.165, 1.54) is 161 Å². The van der Waals surface area contributed by atoms with Crippen LogP contribution in [0.5, 0.6) is 0 Å². The Kier molecular flexibility index (Phi) is 57.8. The number of phosphoric ester groups is 1. The molecular weight excluding hydrogens is 1020 g/mol. The highest BCUT2D eigenvalue weighted by Crippen LogP contribution is 2.43. The fraction of sp³-hybridized carbons (Fsp3) is 0.746. The number of phosphoric acid groups is 1. The van der Waals surface area contributed by atoms with Gasteiger partial charge in [-0.25, -0.2) is 4.57 Å². The minimum Gasteiger partial charge on any atom is -0.456 e. The van der Waals surface area contributed by atoms with Crippen molar-refractivity contribution >= 4 is 19.7 Å². The monoisotopic (exact) mass is 1150 g/mol. The van der Waals surface area contributed by atoms with Crippen LogP contribution in [0.2, 0.25) is 0 Å². The van der Waals surface area contributed by atoms with Gasteiger partial charge in [-0.15, -0.1) is 0 Å². The molecular formula is C71H128N2O7P+. The van der Waals surface area contributed by atoms with Gasteiger partial charge in [0.05, 0.1) is 33.8 Å². The Bertz CT molecular complexity index is 1710. The highest BCUT2D eigenvalue weighted by Gasteiger charge is 2.30. The number of rotatable bonds is 60. The summed E-state index contributed by atoms with van der Waals surface area (Å²) in [7, 11) is 1.48. The summed E-state index contributed by atoms with van der Waals surface area (Å²) in [6, 6.07) is -0.861. The molecule has 0 aromatic carbocycles. The third-order valence-electron chi connectivity index (χ3n) is 14.6. The van der Waals surface area contributed by atoms with Gasteiger partial charge in [0.2, 0.25) is 5.91 Å². The lowest BCUT2D eigenvalue weighted by atomic mass is 10.0. The van der Waals surface area contributed by atoms with E-state index in [0.717, 1.165) is 96.3 Å². The Morgan fingerprint density at radius 3 is 1.31 bits per heavy atom. The molecule has 0 aliphatic heterocycles. The summed E-state index contributed by atoms with van der Waals surface area (Å²) in [6.45, 7) is 6.85. The lowest BCUT2D eigenvalue weighted by molar-refractivity contribution is -0.870. The van der Waals surface area contributed by atoms with Gasteiger partial charge in [0.1, 0.15) is 19.3 Å². The highest BCUT2D eigenvalue weighted by atomic mass is 31.2. The molecule has 3 atom stereocenters. The average Bonchev–Trinajstić information content (AvgIpc) is 3.44. The number of amides is 1. The molecule has 0 saturated carbocycles. The minimum absolute atomic E-state index is 0.0334. The van der Waals surface area contributed by atoms with Crippen molar-refractivity contribution in [2.45, 2.75) is 303 Å². The van der Waals surface area contributed by atoms with Gasteiger partial charge < -0.3 is 19.4 Å². The van der Waals surface area contributed by atoms with Crippen LogP contribution in [-0.2, 0) is 27.9 Å². The maximum atomic E-state index is 13.6. The number of quaternary nitrogens is 1. The van der Waals surface area contributed by atoms with Crippen LogP contribution in [0.25, 0.3) is 0 Å². The van der Waals surface area contributed by atoms with Crippen molar-refractivity contribution in [3.8, 4) is 0 Å². The number of hydrogen-bond donors (Lipinski definition) is 2. The normalized spacial score (nSPS) is 14.2. The van der Waals surface area contributed by atoms with Gasteiger partial charge in [-0.2, -0.15) is 0 Å². The van der Waals surface area contributed by atoms with Crippen molar-refractivity contribution in [2.75, 3.05) is 40.9 Å². The van der Waals surface area contributed by atoms with Crippen molar-refractivity contribution in [3.05, 3.63) is 97.2 Å². The zero-order chi connectivity index (χ0) is 59.3. The van der Waals surface area contributed by atoms with Crippen LogP contribution in [0.3, 0.4) is 0 Å². The molecule has 0 radical (unpaired) electrons. The largest absolute Gasteiger partial charge is 0.472 e. The molecule has 81 heavy (non-hydrogen) atoms. The number of nitrogens with one attached hydrogen (secondary N) is 1. The SMILES string of the molecule is CC/C=C/C=C/C=C/CCCCCCCCCC(=O)NC(COP(=O)(O)OCC[N+](C)(C)C)C(/C=C\CCCCCCCCCCCCC)OC(=O)CCCCCCCCCCCCC/C=C\C/C=C\C/C=C\C/C=C\CCCCC. The van der Waals surface area contributed by atoms with E-state index in [2.05, 4.69) is 111 Å². The van der Waals surface area contributed by atoms with Gasteiger partial charge in [0.25, 0.3) is 0 Å². The number of ether oxygens (including phenoxy) is 1. The van der Waals surface area contributed by atoms with Crippen LogP contribution in [0.1, 0.15) is 290 Å². The number of hydrogen-bond acceptors (Lipinski definition) is 6. The van der Waals surface area contributed by atoms with Crippen molar-refractivity contribution in [1.82, 2.24) is 5.32 Å². The summed E-state index contributed by atoms with van der Waals surface area (Å²) in [5, 5.41) is 3.05. The summed E-state index contributed by atoms with van der Waals surface area (Å²) >= 11 is 0. The number of esters is 1. The predicted octanol–water partition coefficient (Wildman–Crippen LogP) is 21.1. The van der Waals surface area contributed by atoms with Crippen molar-refractivity contribution in [3.63, 3.8) is 0 Å². The number of carbonyl (C=O) groups excluding carboxylic acids is 2. The Morgan fingerprint density at radius 1 is 0.457 bits per heavy atom. The molecule has 0 saturated heterocycles. The van der Waals surface area contributed by atoms with E-state index in [0.29, 0.717) is 17.4 Å². The minimum atomic E-state index is -4.46. The molecule has 0 aliphatic carbocycles. The molecule has 9 nitrogen and oxygen atoms in total. The van der Waals surface area contributed by atoms with Gasteiger partial charge in [-0.3, -0.25) is 18.6 Å². The first kappa shape index (κ1) is 77.9. The number of unbranched alkanes of at least 4 members (excludes halogenated alkanes) is 32. The van der Waals surface area contributed by atoms with Crippen molar-refractivity contribution < 1.29 is 37.3 Å². The average molecular weight is 1150 g/mol. The molecule has 1 amide bonds. The lowest BCUT2D eigenvalue weighted by Gasteiger charge is -2.27. The topological polar surface area (TPSA) is 111 Å². The Morgan fingerprint density at radius 2 is 0.840 bits per heavy atom. The number of allylic oxidation sites excluding steroid dienone is 15. The molecule has 3 unspecified atom stereocenters. The van der Waals surface area contributed by atoms with Crippen LogP contribution in [0, 0.1) is 0 Å². The maximum Gasteiger partial charge on any atom is 0.472 e. The molecule has 468 valence electrons. The third kappa shape index (κ3) is 61.3. The molecule has 0 aromatic heterocycles. The molecule has 0 fully saturated rings. The van der Waals surface area contributed by atoms with E-state index in [1.807, 2.05) is 33.3 Å². The number of nitrogens with zero attached hydrogens (tertiary/aromatic N) is 1. The molecule has 0 rings (SSSR count). The van der Waals surface area contributed by atoms with Crippen LogP contribution in [0.4, 0.5) is 0 Å². The smallest absolute Gasteiger partial charge is 0.456 e. The zero-order valence-electron chi connectivity index (χ0n) is 53.5. The van der Waals surface area contributed by atoms with E-state index in [1.54, 1.807) is 0 Å². The fourth-order valence-corrected chi connectivity index (χ4v) is 10.1. The Labute approximate surface area is 500 Å². The number of carbonyl (C=O) groups is 2. The second-order valence-electron chi connectivity index (χ2n) is 23.7. The van der Waals surface area contributed by atoms with Crippen LogP contribution < -0.4 is 5.32 Å². The molecule has 0 aromatic rings. The predicted molar refractivity (Wildman–Crippen MR) is 350 cm³/mol. The summed E-state index contributed by atoms with van der Waals surface area (Å²) in [5.41, 5.74) is 0. The van der Waals surface area contributed by atoms with E-state index < -0.39 is 20.0 Å². The first-order valence-corrected chi connectivity index (χ1v) is 35.1. The standard InChI is InChI=1S/C71H127N2O7P/c1-7-10-13-16-19-22-25-28-30-31-32-33-34-35-36-37-38-39-40-41-43-46-49-52-55-58-61-64-71(75)80-69(62-59-56-53-50-47-44-27-24-21-18-15-12-9-3)68(67-79-81(76,77)78-66-65-73(4,5)6)72-70(74)63-60-57-54-51-48-45-42-29-26-23-20-17-14-11-8-2/h11,14,17,19-20,22-23,26,28,30,32-33,35-36,59,62,68-69H,7-10,12-13,15-16,18,21,24-25,27,29,31,34,37-58,60-61,63-67H2,1-6H3,(H-,72,74,76,77)/p+1/b14-11+,20-17+,22-19-,26-23+,30-28-,33-32-,36-35-,62-59-. The molecule has 0 spiro atoms. The van der Waals surface area contributed by atoms with Gasteiger partial charge >= 0.3 is 13.8 Å². The first-order chi connectivity index (χ1) is 39.4. The second kappa shape index (κ2) is 60.1. The van der Waals surface area contributed by atoms with Gasteiger partial charge in [0, 0.05) is 12.8 Å². The highest BCUT2D eigenvalue weighted by molar-refractivity contribution is 7.47. The Hall–Kier alpha value is -3.07. The Balaban J connectivity index is 5.11. The van der Waals surface area contributed by atoms with Gasteiger partial charge in [-0.05, 0) is 96.0 Å². The van der Waals surface area contributed by atoms with Crippen molar-refractivity contribution in [1.29, 1.82) is 0 Å². The first-order valence-electron chi connectivity index (χ1n) is 33.6. The summed E-state index contributed by atoms with van der Waals surface area (Å²) < 4.78 is 30.8. The van der Waals surface area contributed by atoms with Crippen molar-refractivity contribution in [2.24, 2.45) is 0 Å². The van der Waals surface area contributed by atoms with E-state index >= 15 is 0 Å². The maximum absolute atomic E-state index is 13.6. The van der Waals surface area contributed by atoms with E-state index in [4.69, 9.17) is 13.8 Å². The van der Waals surface area contributed by atoms with Gasteiger partial charge in [0.15, 0.2) is 0 Å². The summed E-state index contributed by atoms with van der Waals surface area (Å²) in [6.07, 6.45) is 81.2. The summed E-state index contributed by atoms with van der Waals surface area (Å²) in [4.78, 5) is 37.8. The van der Waals surface area contributed by atoms with Crippen LogP contribution in [-0.4, -0.2) is 74.3 Å². The second-order valence-corrected chi connectivity index (χ2v) is 25.1. The van der Waals surface area contributed by atoms with Crippen LogP contribution >= 0.6 is 7.82 Å². The quantitative estimate of drug-likeness (QED) is 0.0156. The molecule has 10 heteroatoms.